The number of pyridine rings is 1. The Morgan fingerprint density at radius 1 is 1.21 bits per heavy atom. The number of aryl methyl sites for hydroxylation is 1. The van der Waals surface area contributed by atoms with Crippen LogP contribution in [0.15, 0.2) is 64.2 Å². The van der Waals surface area contributed by atoms with Gasteiger partial charge in [-0.1, -0.05) is 23.8 Å². The number of hydrogen-bond donors (Lipinski definition) is 0. The van der Waals surface area contributed by atoms with Crippen molar-refractivity contribution in [1.29, 1.82) is 0 Å². The molecular formula is C17H19N2O4S+. The van der Waals surface area contributed by atoms with Crippen molar-refractivity contribution in [3.8, 4) is 0 Å². The second-order valence-corrected chi connectivity index (χ2v) is 6.69. The average molecular weight is 347 g/mol. The molecule has 1 aromatic heterocycles. The number of ether oxygens (including phenoxy) is 1. The van der Waals surface area contributed by atoms with Gasteiger partial charge in [-0.3, -0.25) is 0 Å². The smallest absolute Gasteiger partial charge is 0.382 e. The van der Waals surface area contributed by atoms with Crippen LogP contribution in [0, 0.1) is 6.92 Å². The Bertz CT molecular complexity index is 815. The van der Waals surface area contributed by atoms with Gasteiger partial charge >= 0.3 is 5.97 Å². The third-order valence-corrected chi connectivity index (χ3v) is 4.51. The van der Waals surface area contributed by atoms with E-state index in [0.717, 1.165) is 11.8 Å². The van der Waals surface area contributed by atoms with Crippen LogP contribution in [-0.4, -0.2) is 27.2 Å². The summed E-state index contributed by atoms with van der Waals surface area (Å²) in [4.78, 5) is 12.2. The number of rotatable bonds is 6. The molecule has 0 aliphatic carbocycles. The second-order valence-electron chi connectivity index (χ2n) is 5.06. The van der Waals surface area contributed by atoms with Crippen LogP contribution in [0.25, 0.3) is 0 Å². The van der Waals surface area contributed by atoms with Crippen LogP contribution in [0.2, 0.25) is 0 Å². The van der Waals surface area contributed by atoms with Crippen LogP contribution >= 0.6 is 0 Å². The molecule has 1 aromatic carbocycles. The first-order chi connectivity index (χ1) is 11.4. The monoisotopic (exact) mass is 347 g/mol. The van der Waals surface area contributed by atoms with Crippen molar-refractivity contribution in [2.45, 2.75) is 24.8 Å². The standard InChI is InChI=1S/C17H19N2O4S/c1-3-23-17(20)16(19-11-5-4-6-12-19)13-18-24(21,22)15-9-7-14(2)8-10-15/h4-13,16H,3H2,1-2H3/q+1/b18-13+. The molecule has 0 amide bonds. The number of benzene rings is 1. The highest BCUT2D eigenvalue weighted by Crippen LogP contribution is 2.13. The molecule has 6 nitrogen and oxygen atoms in total. The quantitative estimate of drug-likeness (QED) is 0.454. The van der Waals surface area contributed by atoms with Crippen LogP contribution in [0.3, 0.4) is 0 Å². The van der Waals surface area contributed by atoms with Gasteiger partial charge in [-0.15, -0.1) is 0 Å². The van der Waals surface area contributed by atoms with Crippen molar-refractivity contribution in [3.05, 3.63) is 60.4 Å². The Morgan fingerprint density at radius 3 is 2.42 bits per heavy atom. The molecule has 126 valence electrons. The molecule has 0 bridgehead atoms. The average Bonchev–Trinajstić information content (AvgIpc) is 2.56. The van der Waals surface area contributed by atoms with Crippen molar-refractivity contribution in [2.75, 3.05) is 6.61 Å². The summed E-state index contributed by atoms with van der Waals surface area (Å²) < 4.78 is 34.8. The fraction of sp³-hybridized carbons (Fsp3) is 0.235. The third kappa shape index (κ3) is 4.48. The molecule has 1 unspecified atom stereocenters. The minimum atomic E-state index is -3.88. The SMILES string of the molecule is CCOC(=O)C(/C=N/S(=O)(=O)c1ccc(C)cc1)[n+]1ccccc1. The molecule has 7 heteroatoms. The highest BCUT2D eigenvalue weighted by Gasteiger charge is 2.28. The topological polar surface area (TPSA) is 76.7 Å². The molecule has 0 fully saturated rings. The Morgan fingerprint density at radius 2 is 1.83 bits per heavy atom. The maximum Gasteiger partial charge on any atom is 0.382 e. The van der Waals surface area contributed by atoms with Gasteiger partial charge in [-0.2, -0.15) is 17.4 Å². The maximum absolute atomic E-state index is 12.3. The van der Waals surface area contributed by atoms with Gasteiger partial charge in [0.1, 0.15) is 0 Å². The van der Waals surface area contributed by atoms with E-state index in [1.165, 1.54) is 16.7 Å². The summed E-state index contributed by atoms with van der Waals surface area (Å²) in [6.07, 6.45) is 4.38. The molecule has 1 atom stereocenters. The van der Waals surface area contributed by atoms with Crippen LogP contribution < -0.4 is 4.57 Å². The lowest BCUT2D eigenvalue weighted by Gasteiger charge is -2.07. The van der Waals surface area contributed by atoms with E-state index in [1.54, 1.807) is 49.6 Å². The summed E-state index contributed by atoms with van der Waals surface area (Å²) in [7, 11) is -3.88. The number of esters is 1. The highest BCUT2D eigenvalue weighted by molar-refractivity contribution is 7.90. The van der Waals surface area contributed by atoms with Crippen molar-refractivity contribution < 1.29 is 22.5 Å². The molecular weight excluding hydrogens is 328 g/mol. The predicted octanol–water partition coefficient (Wildman–Crippen LogP) is 1.85. The lowest BCUT2D eigenvalue weighted by molar-refractivity contribution is -0.694. The van der Waals surface area contributed by atoms with Crippen molar-refractivity contribution in [2.24, 2.45) is 4.40 Å². The van der Waals surface area contributed by atoms with E-state index in [1.807, 2.05) is 6.92 Å². The van der Waals surface area contributed by atoms with Gasteiger partial charge in [0.05, 0.1) is 17.7 Å². The van der Waals surface area contributed by atoms with E-state index in [0.29, 0.717) is 0 Å². The van der Waals surface area contributed by atoms with Crippen LogP contribution in [0.5, 0.6) is 0 Å². The van der Waals surface area contributed by atoms with Gasteiger partial charge in [-0.05, 0) is 26.0 Å². The lowest BCUT2D eigenvalue weighted by Crippen LogP contribution is -2.45. The highest BCUT2D eigenvalue weighted by atomic mass is 32.2. The molecule has 0 aliphatic heterocycles. The fourth-order valence-corrected chi connectivity index (χ4v) is 2.87. The minimum Gasteiger partial charge on any atom is -0.461 e. The second kappa shape index (κ2) is 7.83. The van der Waals surface area contributed by atoms with Crippen LogP contribution in [-0.2, 0) is 19.6 Å². The maximum atomic E-state index is 12.3. The van der Waals surface area contributed by atoms with Crippen molar-refractivity contribution in [1.82, 2.24) is 0 Å². The summed E-state index contributed by atoms with van der Waals surface area (Å²) in [5.74, 6) is -0.573. The first-order valence-electron chi connectivity index (χ1n) is 7.43. The fourth-order valence-electron chi connectivity index (χ4n) is 1.99. The van der Waals surface area contributed by atoms with Gasteiger partial charge in [0.2, 0.25) is 0 Å². The molecule has 24 heavy (non-hydrogen) atoms. The molecule has 2 aromatic rings. The van der Waals surface area contributed by atoms with Gasteiger partial charge in [0, 0.05) is 12.1 Å². The zero-order chi connectivity index (χ0) is 17.6. The van der Waals surface area contributed by atoms with Crippen molar-refractivity contribution in [3.63, 3.8) is 0 Å². The molecule has 0 saturated heterocycles. The largest absolute Gasteiger partial charge is 0.461 e. The van der Waals surface area contributed by atoms with Gasteiger partial charge < -0.3 is 4.74 Å². The number of carbonyl (C=O) groups excluding carboxylic acids is 1. The van der Waals surface area contributed by atoms with Crippen LogP contribution in [0.4, 0.5) is 0 Å². The van der Waals surface area contributed by atoms with E-state index in [9.17, 15) is 13.2 Å². The first-order valence-corrected chi connectivity index (χ1v) is 8.87. The number of hydrogen-bond acceptors (Lipinski definition) is 4. The molecule has 0 saturated carbocycles. The summed E-state index contributed by atoms with van der Waals surface area (Å²) >= 11 is 0. The Kier molecular flexibility index (Phi) is 5.81. The minimum absolute atomic E-state index is 0.0741. The lowest BCUT2D eigenvalue weighted by atomic mass is 10.2. The molecule has 1 heterocycles. The summed E-state index contributed by atoms with van der Waals surface area (Å²) in [6.45, 7) is 3.74. The number of nitrogens with zero attached hydrogens (tertiary/aromatic N) is 2. The zero-order valence-electron chi connectivity index (χ0n) is 13.5. The van der Waals surface area contributed by atoms with E-state index < -0.39 is 22.0 Å². The number of aromatic nitrogens is 1. The molecule has 0 spiro atoms. The molecule has 0 aliphatic rings. The van der Waals surface area contributed by atoms with E-state index in [-0.39, 0.29) is 11.5 Å². The summed E-state index contributed by atoms with van der Waals surface area (Å²) in [5, 5.41) is 0. The first kappa shape index (κ1) is 17.8. The normalized spacial score (nSPS) is 12.9. The molecule has 0 radical (unpaired) electrons. The zero-order valence-corrected chi connectivity index (χ0v) is 14.3. The summed E-state index contributed by atoms with van der Waals surface area (Å²) in [5.41, 5.74) is 0.946. The number of sulfonamides is 1. The Labute approximate surface area is 141 Å². The predicted molar refractivity (Wildman–Crippen MR) is 89.2 cm³/mol. The Hall–Kier alpha value is -2.54. The number of carbonyl (C=O) groups is 1. The van der Waals surface area contributed by atoms with Crippen LogP contribution in [0.1, 0.15) is 18.5 Å². The van der Waals surface area contributed by atoms with Gasteiger partial charge in [-0.25, -0.2) is 4.79 Å². The molecule has 2 rings (SSSR count). The van der Waals surface area contributed by atoms with Crippen molar-refractivity contribution >= 4 is 22.2 Å². The van der Waals surface area contributed by atoms with E-state index in [4.69, 9.17) is 4.74 Å². The van der Waals surface area contributed by atoms with Gasteiger partial charge in [0.25, 0.3) is 16.1 Å². The van der Waals surface area contributed by atoms with E-state index >= 15 is 0 Å². The van der Waals surface area contributed by atoms with E-state index in [2.05, 4.69) is 4.40 Å². The molecule has 0 N–H and O–H groups in total. The van der Waals surface area contributed by atoms with Gasteiger partial charge in [0.15, 0.2) is 12.4 Å². The third-order valence-electron chi connectivity index (χ3n) is 3.25. The Balaban J connectivity index is 2.33. The summed E-state index contributed by atoms with van der Waals surface area (Å²) in [6, 6.07) is 10.6.